The smallest absolute Gasteiger partial charge is 0.244 e. The summed E-state index contributed by atoms with van der Waals surface area (Å²) in [6.45, 7) is 2.12. The highest BCUT2D eigenvalue weighted by Crippen LogP contribution is 2.24. The maximum atomic E-state index is 14.1. The summed E-state index contributed by atoms with van der Waals surface area (Å²) in [6, 6.07) is 31.7. The predicted octanol–water partition coefficient (Wildman–Crippen LogP) is 5.46. The van der Waals surface area contributed by atoms with Crippen molar-refractivity contribution in [3.8, 4) is 5.75 Å². The summed E-state index contributed by atoms with van der Waals surface area (Å²) in [5.74, 6) is -0.299. The summed E-state index contributed by atoms with van der Waals surface area (Å²) in [5, 5.41) is 3.38. The molecule has 0 saturated carbocycles. The molecule has 0 heterocycles. The van der Waals surface area contributed by atoms with E-state index in [1.54, 1.807) is 55.5 Å². The Bertz CT molecular complexity index is 1620. The zero-order valence-corrected chi connectivity index (χ0v) is 26.3. The third-order valence-corrected chi connectivity index (χ3v) is 8.33. The van der Waals surface area contributed by atoms with Crippen LogP contribution < -0.4 is 14.4 Å². The van der Waals surface area contributed by atoms with Crippen molar-refractivity contribution >= 4 is 39.1 Å². The molecule has 1 N–H and O–H groups in total. The van der Waals surface area contributed by atoms with Gasteiger partial charge in [0.15, 0.2) is 0 Å². The number of likely N-dealkylation sites (N-methyl/N-ethyl adjacent to an activating group) is 1. The lowest BCUT2D eigenvalue weighted by Crippen LogP contribution is -2.53. The largest absolute Gasteiger partial charge is 0.489 e. The van der Waals surface area contributed by atoms with E-state index in [2.05, 4.69) is 5.32 Å². The highest BCUT2D eigenvalue weighted by molar-refractivity contribution is 7.92. The number of carbonyl (C=O) groups excluding carboxylic acids is 2. The minimum absolute atomic E-state index is 0.0779. The van der Waals surface area contributed by atoms with E-state index in [9.17, 15) is 18.0 Å². The van der Waals surface area contributed by atoms with Crippen LogP contribution in [0.5, 0.6) is 5.75 Å². The van der Waals surface area contributed by atoms with Gasteiger partial charge in [-0.05, 0) is 60.0 Å². The van der Waals surface area contributed by atoms with Gasteiger partial charge in [-0.2, -0.15) is 0 Å². The van der Waals surface area contributed by atoms with Crippen molar-refractivity contribution in [3.63, 3.8) is 0 Å². The molecule has 0 aliphatic rings. The fraction of sp³-hybridized carbons (Fsp3) is 0.235. The lowest BCUT2D eigenvalue weighted by Gasteiger charge is -2.33. The summed E-state index contributed by atoms with van der Waals surface area (Å²) in [6.07, 6.45) is 1.30. The monoisotopic (exact) mass is 633 g/mol. The zero-order valence-electron chi connectivity index (χ0n) is 24.7. The molecule has 8 nitrogen and oxygen atoms in total. The van der Waals surface area contributed by atoms with Gasteiger partial charge in [0.1, 0.15) is 24.9 Å². The van der Waals surface area contributed by atoms with E-state index in [0.29, 0.717) is 29.6 Å². The Morgan fingerprint density at radius 1 is 0.818 bits per heavy atom. The Hall–Kier alpha value is -4.34. The minimum atomic E-state index is -3.88. The second-order valence-electron chi connectivity index (χ2n) is 10.3. The average Bonchev–Trinajstić information content (AvgIpc) is 3.02. The average molecular weight is 634 g/mol. The van der Waals surface area contributed by atoms with Gasteiger partial charge in [-0.3, -0.25) is 13.9 Å². The van der Waals surface area contributed by atoms with E-state index >= 15 is 0 Å². The fourth-order valence-corrected chi connectivity index (χ4v) is 5.67. The minimum Gasteiger partial charge on any atom is -0.489 e. The van der Waals surface area contributed by atoms with E-state index in [1.165, 1.54) is 4.90 Å². The summed E-state index contributed by atoms with van der Waals surface area (Å²) in [7, 11) is -3.88. The third-order valence-electron chi connectivity index (χ3n) is 6.94. The van der Waals surface area contributed by atoms with Crippen LogP contribution in [0.25, 0.3) is 0 Å². The first-order chi connectivity index (χ1) is 21.1. The molecule has 0 spiro atoms. The van der Waals surface area contributed by atoms with Crippen LogP contribution >= 0.6 is 11.6 Å². The van der Waals surface area contributed by atoms with Gasteiger partial charge in [0.25, 0.3) is 0 Å². The number of amides is 2. The van der Waals surface area contributed by atoms with Crippen molar-refractivity contribution < 1.29 is 22.7 Å². The molecule has 4 aromatic carbocycles. The molecule has 0 aromatic heterocycles. The summed E-state index contributed by atoms with van der Waals surface area (Å²) in [5.41, 5.74) is 2.91. The van der Waals surface area contributed by atoms with Gasteiger partial charge in [-0.25, -0.2) is 8.42 Å². The van der Waals surface area contributed by atoms with E-state index in [1.807, 2.05) is 60.7 Å². The topological polar surface area (TPSA) is 96.0 Å². The van der Waals surface area contributed by atoms with Gasteiger partial charge in [0.2, 0.25) is 21.8 Å². The molecule has 44 heavy (non-hydrogen) atoms. The van der Waals surface area contributed by atoms with Crippen molar-refractivity contribution in [1.29, 1.82) is 0 Å². The Morgan fingerprint density at radius 3 is 1.98 bits per heavy atom. The lowest BCUT2D eigenvalue weighted by atomic mass is 10.0. The van der Waals surface area contributed by atoms with Crippen molar-refractivity contribution in [1.82, 2.24) is 10.2 Å². The molecule has 4 rings (SSSR count). The SMILES string of the molecule is CCNC(=O)[C@@H](Cc1ccccc1)N(Cc1ccc(Cl)cc1)C(=O)CN(c1ccc(OCc2ccccc2)cc1)S(C)(=O)=O. The Labute approximate surface area is 264 Å². The number of sulfonamides is 1. The number of rotatable bonds is 14. The first-order valence-corrected chi connectivity index (χ1v) is 16.5. The van der Waals surface area contributed by atoms with Gasteiger partial charge >= 0.3 is 0 Å². The van der Waals surface area contributed by atoms with E-state index in [0.717, 1.165) is 27.3 Å². The molecule has 4 aromatic rings. The molecule has 0 bridgehead atoms. The zero-order chi connectivity index (χ0) is 31.5. The molecule has 0 saturated heterocycles. The molecule has 0 fully saturated rings. The van der Waals surface area contributed by atoms with Crippen LogP contribution in [0, 0.1) is 0 Å². The van der Waals surface area contributed by atoms with Gasteiger partial charge in [-0.1, -0.05) is 84.4 Å². The van der Waals surface area contributed by atoms with E-state index in [4.69, 9.17) is 16.3 Å². The van der Waals surface area contributed by atoms with E-state index in [-0.39, 0.29) is 18.9 Å². The fourth-order valence-electron chi connectivity index (χ4n) is 4.70. The number of hydrogen-bond donors (Lipinski definition) is 1. The number of benzene rings is 4. The molecule has 1 atom stereocenters. The predicted molar refractivity (Wildman–Crippen MR) is 174 cm³/mol. The molecular weight excluding hydrogens is 598 g/mol. The standard InChI is InChI=1S/C34H36ClN3O5S/c1-3-36-34(40)32(22-26-10-6-4-7-11-26)37(23-27-14-16-29(35)17-15-27)33(39)24-38(44(2,41)42)30-18-20-31(21-19-30)43-25-28-12-8-5-9-13-28/h4-21,32H,3,22-25H2,1-2H3,(H,36,40)/t32-/m1/s1. The summed E-state index contributed by atoms with van der Waals surface area (Å²) >= 11 is 6.09. The summed E-state index contributed by atoms with van der Waals surface area (Å²) in [4.78, 5) is 29.0. The van der Waals surface area contributed by atoms with Crippen LogP contribution in [0.1, 0.15) is 23.6 Å². The highest BCUT2D eigenvalue weighted by Gasteiger charge is 2.32. The van der Waals surface area contributed by atoms with Crippen molar-refractivity contribution in [3.05, 3.63) is 131 Å². The van der Waals surface area contributed by atoms with Gasteiger partial charge in [-0.15, -0.1) is 0 Å². The van der Waals surface area contributed by atoms with Gasteiger partial charge < -0.3 is 15.0 Å². The summed E-state index contributed by atoms with van der Waals surface area (Å²) < 4.78 is 32.9. The molecule has 10 heteroatoms. The second-order valence-corrected chi connectivity index (χ2v) is 12.6. The number of nitrogens with zero attached hydrogens (tertiary/aromatic N) is 2. The van der Waals surface area contributed by atoms with Gasteiger partial charge in [0.05, 0.1) is 11.9 Å². The van der Waals surface area contributed by atoms with Crippen LogP contribution in [0.15, 0.2) is 109 Å². The third kappa shape index (κ3) is 9.33. The molecular formula is C34H36ClN3O5S. The maximum absolute atomic E-state index is 14.1. The number of anilines is 1. The number of carbonyl (C=O) groups is 2. The van der Waals surface area contributed by atoms with Crippen molar-refractivity contribution in [2.75, 3.05) is 23.7 Å². The first kappa shape index (κ1) is 32.6. The maximum Gasteiger partial charge on any atom is 0.244 e. The Balaban J connectivity index is 1.62. The quantitative estimate of drug-likeness (QED) is 0.199. The Morgan fingerprint density at radius 2 is 1.41 bits per heavy atom. The molecule has 0 unspecified atom stereocenters. The van der Waals surface area contributed by atoms with Gasteiger partial charge in [0, 0.05) is 24.5 Å². The molecule has 2 amide bonds. The van der Waals surface area contributed by atoms with Crippen molar-refractivity contribution in [2.24, 2.45) is 0 Å². The number of hydrogen-bond acceptors (Lipinski definition) is 5. The van der Waals surface area contributed by atoms with Crippen LogP contribution in [0.3, 0.4) is 0 Å². The van der Waals surface area contributed by atoms with Crippen LogP contribution in [-0.2, 0) is 39.2 Å². The van der Waals surface area contributed by atoms with E-state index < -0.39 is 28.5 Å². The first-order valence-electron chi connectivity index (χ1n) is 14.2. The molecule has 230 valence electrons. The number of nitrogens with one attached hydrogen (secondary N) is 1. The van der Waals surface area contributed by atoms with Crippen molar-refractivity contribution in [2.45, 2.75) is 32.5 Å². The second kappa shape index (κ2) is 15.4. The number of ether oxygens (including phenoxy) is 1. The molecule has 0 aliphatic heterocycles. The number of halogens is 1. The normalized spacial score (nSPS) is 11.8. The molecule has 0 radical (unpaired) electrons. The lowest BCUT2D eigenvalue weighted by molar-refractivity contribution is -0.140. The van der Waals surface area contributed by atoms with Crippen LogP contribution in [-0.4, -0.2) is 50.5 Å². The molecule has 0 aliphatic carbocycles. The Kier molecular flexibility index (Phi) is 11.4. The van der Waals surface area contributed by atoms with Crippen LogP contribution in [0.2, 0.25) is 5.02 Å². The highest BCUT2D eigenvalue weighted by atomic mass is 35.5. The van der Waals surface area contributed by atoms with Crippen LogP contribution in [0.4, 0.5) is 5.69 Å².